The smallest absolute Gasteiger partial charge is 0.138 e. The number of halogens is 1. The Labute approximate surface area is 131 Å². The molecule has 0 aliphatic heterocycles. The molecule has 0 radical (unpaired) electrons. The largest absolute Gasteiger partial charge is 0.368 e. The van der Waals surface area contributed by atoms with Crippen molar-refractivity contribution >= 4 is 29.2 Å². The van der Waals surface area contributed by atoms with E-state index in [9.17, 15) is 0 Å². The lowest BCUT2D eigenvalue weighted by atomic mass is 9.88. The molecule has 1 aliphatic carbocycles. The van der Waals surface area contributed by atoms with E-state index in [4.69, 9.17) is 11.6 Å². The molecule has 0 bridgehead atoms. The van der Waals surface area contributed by atoms with Crippen molar-refractivity contribution in [2.75, 3.05) is 18.1 Å². The predicted octanol–water partition coefficient (Wildman–Crippen LogP) is 4.73. The van der Waals surface area contributed by atoms with Gasteiger partial charge in [0.2, 0.25) is 0 Å². The van der Waals surface area contributed by atoms with Crippen LogP contribution in [-0.2, 0) is 0 Å². The van der Waals surface area contributed by atoms with Gasteiger partial charge in [0.05, 0.1) is 0 Å². The summed E-state index contributed by atoms with van der Waals surface area (Å²) in [5.41, 5.74) is 1.03. The summed E-state index contributed by atoms with van der Waals surface area (Å²) in [6.07, 6.45) is 10.4. The fraction of sp³-hybridized carbons (Fsp3) is 0.733. The van der Waals surface area contributed by atoms with Crippen molar-refractivity contribution in [3.63, 3.8) is 0 Å². The Kier molecular flexibility index (Phi) is 5.56. The lowest BCUT2D eigenvalue weighted by Crippen LogP contribution is -2.36. The third-order valence-electron chi connectivity index (χ3n) is 4.19. The molecule has 0 aromatic carbocycles. The number of nitrogens with one attached hydrogen (secondary N) is 1. The van der Waals surface area contributed by atoms with Crippen LogP contribution in [0.25, 0.3) is 0 Å². The molecular weight excluding hydrogens is 290 g/mol. The van der Waals surface area contributed by atoms with Crippen LogP contribution in [0, 0.1) is 0 Å². The summed E-state index contributed by atoms with van der Waals surface area (Å²) in [5.74, 6) is 1.22. The molecule has 0 spiro atoms. The molecule has 1 aromatic heterocycles. The van der Waals surface area contributed by atoms with Crippen molar-refractivity contribution in [2.24, 2.45) is 0 Å². The van der Waals surface area contributed by atoms with E-state index in [2.05, 4.69) is 35.4 Å². The Morgan fingerprint density at radius 3 is 2.60 bits per heavy atom. The van der Waals surface area contributed by atoms with Gasteiger partial charge in [-0.1, -0.05) is 44.7 Å². The van der Waals surface area contributed by atoms with Gasteiger partial charge < -0.3 is 5.32 Å². The highest BCUT2D eigenvalue weighted by molar-refractivity contribution is 8.00. The third kappa shape index (κ3) is 3.59. The highest BCUT2D eigenvalue weighted by Gasteiger charge is 2.31. The Morgan fingerprint density at radius 2 is 2.00 bits per heavy atom. The lowest BCUT2D eigenvalue weighted by molar-refractivity contribution is 0.411. The zero-order chi connectivity index (χ0) is 14.6. The molecule has 0 saturated heterocycles. The van der Waals surface area contributed by atoms with Crippen LogP contribution in [0.1, 0.15) is 57.4 Å². The molecule has 2 rings (SSSR count). The van der Waals surface area contributed by atoms with Gasteiger partial charge in [0.15, 0.2) is 0 Å². The first-order valence-corrected chi connectivity index (χ1v) is 8.98. The maximum Gasteiger partial charge on any atom is 0.138 e. The van der Waals surface area contributed by atoms with Crippen molar-refractivity contribution < 1.29 is 0 Å². The first-order valence-electron chi connectivity index (χ1n) is 7.37. The Hall–Kier alpha value is -0.480. The average molecular weight is 314 g/mol. The molecule has 112 valence electrons. The van der Waals surface area contributed by atoms with Crippen LogP contribution in [0.15, 0.2) is 6.33 Å². The van der Waals surface area contributed by atoms with Crippen LogP contribution in [0.3, 0.4) is 0 Å². The maximum atomic E-state index is 6.22. The summed E-state index contributed by atoms with van der Waals surface area (Å²) in [6, 6.07) is 0. The highest BCUT2D eigenvalue weighted by Crippen LogP contribution is 2.39. The van der Waals surface area contributed by atoms with Gasteiger partial charge in [-0.05, 0) is 25.0 Å². The van der Waals surface area contributed by atoms with Crippen molar-refractivity contribution in [1.82, 2.24) is 9.97 Å². The highest BCUT2D eigenvalue weighted by atomic mass is 35.5. The van der Waals surface area contributed by atoms with Crippen molar-refractivity contribution in [3.05, 3.63) is 17.0 Å². The van der Waals surface area contributed by atoms with Gasteiger partial charge in [0.25, 0.3) is 0 Å². The molecule has 0 unspecified atom stereocenters. The normalized spacial score (nSPS) is 18.2. The average Bonchev–Trinajstić information content (AvgIpc) is 2.45. The fourth-order valence-electron chi connectivity index (χ4n) is 2.92. The molecule has 1 N–H and O–H groups in total. The predicted molar refractivity (Wildman–Crippen MR) is 89.0 cm³/mol. The number of hydrogen-bond donors (Lipinski definition) is 1. The molecule has 1 aliphatic rings. The van der Waals surface area contributed by atoms with Crippen LogP contribution >= 0.6 is 23.4 Å². The minimum absolute atomic E-state index is 0.322. The van der Waals surface area contributed by atoms with Gasteiger partial charge in [-0.25, -0.2) is 9.97 Å². The third-order valence-corrected chi connectivity index (χ3v) is 5.91. The van der Waals surface area contributed by atoms with Crippen molar-refractivity contribution in [1.29, 1.82) is 0 Å². The van der Waals surface area contributed by atoms with E-state index in [-0.39, 0.29) is 0 Å². The van der Waals surface area contributed by atoms with E-state index in [1.54, 1.807) is 6.33 Å². The Balaban J connectivity index is 2.12. The molecule has 1 aromatic rings. The topological polar surface area (TPSA) is 37.8 Å². The van der Waals surface area contributed by atoms with Crippen LogP contribution in [0.2, 0.25) is 5.15 Å². The molecule has 5 heteroatoms. The van der Waals surface area contributed by atoms with E-state index >= 15 is 0 Å². The molecule has 1 saturated carbocycles. The summed E-state index contributed by atoms with van der Waals surface area (Å²) in [6.45, 7) is 5.21. The summed E-state index contributed by atoms with van der Waals surface area (Å²) in [5, 5.41) is 4.11. The number of anilines is 1. The zero-order valence-corrected chi connectivity index (χ0v) is 14.2. The fourth-order valence-corrected chi connectivity index (χ4v) is 4.19. The number of thioether (sulfide) groups is 1. The Morgan fingerprint density at radius 1 is 1.30 bits per heavy atom. The van der Waals surface area contributed by atoms with Crippen molar-refractivity contribution in [2.45, 2.75) is 56.6 Å². The molecule has 1 fully saturated rings. The minimum atomic E-state index is 0.322. The second-order valence-electron chi connectivity index (χ2n) is 5.88. The standard InChI is InChI=1S/C15H24ClN3S/c1-11(2)12-13(16)18-10-19-14(12)17-9-15(20-3)7-5-4-6-8-15/h10-11H,4-9H2,1-3H3,(H,17,18,19). The van der Waals surface area contributed by atoms with Crippen LogP contribution in [0.5, 0.6) is 0 Å². The van der Waals surface area contributed by atoms with Gasteiger partial charge in [0, 0.05) is 16.9 Å². The second kappa shape index (κ2) is 6.99. The van der Waals surface area contributed by atoms with Crippen molar-refractivity contribution in [3.8, 4) is 0 Å². The summed E-state index contributed by atoms with van der Waals surface area (Å²) < 4.78 is 0.351. The van der Waals surface area contributed by atoms with Gasteiger partial charge in [0.1, 0.15) is 17.3 Å². The van der Waals surface area contributed by atoms with Gasteiger partial charge in [-0.2, -0.15) is 11.8 Å². The first kappa shape index (κ1) is 15.9. The molecule has 1 heterocycles. The first-order chi connectivity index (χ1) is 9.58. The summed E-state index contributed by atoms with van der Waals surface area (Å²) in [7, 11) is 0. The van der Waals surface area contributed by atoms with E-state index in [0.29, 0.717) is 15.8 Å². The maximum absolute atomic E-state index is 6.22. The summed E-state index contributed by atoms with van der Waals surface area (Å²) >= 11 is 8.21. The number of nitrogens with zero attached hydrogens (tertiary/aromatic N) is 2. The zero-order valence-electron chi connectivity index (χ0n) is 12.6. The van der Waals surface area contributed by atoms with Crippen LogP contribution < -0.4 is 5.32 Å². The molecule has 0 amide bonds. The SMILES string of the molecule is CSC1(CNc2ncnc(Cl)c2C(C)C)CCCCC1. The molecular formula is C15H24ClN3S. The number of aromatic nitrogens is 2. The Bertz CT molecular complexity index is 445. The molecule has 3 nitrogen and oxygen atoms in total. The van der Waals surface area contributed by atoms with E-state index in [1.807, 2.05) is 11.8 Å². The molecule has 0 atom stereocenters. The second-order valence-corrected chi connectivity index (χ2v) is 7.52. The van der Waals surface area contributed by atoms with E-state index in [0.717, 1.165) is 17.9 Å². The number of hydrogen-bond acceptors (Lipinski definition) is 4. The van der Waals surface area contributed by atoms with E-state index in [1.165, 1.54) is 32.1 Å². The van der Waals surface area contributed by atoms with Crippen LogP contribution in [0.4, 0.5) is 5.82 Å². The van der Waals surface area contributed by atoms with Crippen LogP contribution in [-0.4, -0.2) is 27.5 Å². The quantitative estimate of drug-likeness (QED) is 0.797. The lowest BCUT2D eigenvalue weighted by Gasteiger charge is -2.36. The van der Waals surface area contributed by atoms with Gasteiger partial charge in [-0.3, -0.25) is 0 Å². The molecule has 20 heavy (non-hydrogen) atoms. The summed E-state index contributed by atoms with van der Waals surface area (Å²) in [4.78, 5) is 8.50. The van der Waals surface area contributed by atoms with Gasteiger partial charge in [-0.15, -0.1) is 0 Å². The minimum Gasteiger partial charge on any atom is -0.368 e. The number of rotatable bonds is 5. The van der Waals surface area contributed by atoms with E-state index < -0.39 is 0 Å². The van der Waals surface area contributed by atoms with Gasteiger partial charge >= 0.3 is 0 Å². The monoisotopic (exact) mass is 313 g/mol.